The van der Waals surface area contributed by atoms with Crippen molar-refractivity contribution in [2.75, 3.05) is 13.6 Å². The van der Waals surface area contributed by atoms with Crippen molar-refractivity contribution in [1.29, 1.82) is 0 Å². The Labute approximate surface area is 237 Å². The summed E-state index contributed by atoms with van der Waals surface area (Å²) in [5, 5.41) is 2.98. The summed E-state index contributed by atoms with van der Waals surface area (Å²) < 4.78 is 41.7. The minimum atomic E-state index is -3.70. The molecular weight excluding hydrogens is 529 g/mol. The highest BCUT2D eigenvalue weighted by Gasteiger charge is 2.31. The number of halogens is 1. The standard InChI is InChI=1S/C31H38FN3O4S/c1-4-24(2)33-31(37)29(22-25-14-7-5-8-15-25)35(23-26-16-11-12-19-28(26)32)30(36)20-13-21-34(3)40(38,39)27-17-9-6-10-18-27/h5-12,14-19,24,29H,4,13,20-23H2,1-3H3,(H,33,37)/t24-,29-/m0/s1. The number of nitrogens with one attached hydrogen (secondary N) is 1. The van der Waals surface area contributed by atoms with Gasteiger partial charge in [-0.05, 0) is 43.5 Å². The molecule has 0 aromatic heterocycles. The predicted molar refractivity (Wildman–Crippen MR) is 154 cm³/mol. The lowest BCUT2D eigenvalue weighted by Crippen LogP contribution is -2.52. The van der Waals surface area contributed by atoms with Gasteiger partial charge in [-0.3, -0.25) is 9.59 Å². The maximum absolute atomic E-state index is 14.7. The summed E-state index contributed by atoms with van der Waals surface area (Å²) in [6.45, 7) is 3.87. The van der Waals surface area contributed by atoms with Crippen LogP contribution in [0.2, 0.25) is 0 Å². The molecule has 3 aromatic rings. The first kappa shape index (κ1) is 31.0. The molecule has 1 N–H and O–H groups in total. The average Bonchev–Trinajstić information content (AvgIpc) is 2.96. The van der Waals surface area contributed by atoms with Gasteiger partial charge in [-0.1, -0.05) is 73.7 Å². The Balaban J connectivity index is 1.84. The first-order chi connectivity index (χ1) is 19.1. The Morgan fingerprint density at radius 2 is 1.52 bits per heavy atom. The van der Waals surface area contributed by atoms with Crippen LogP contribution in [0.3, 0.4) is 0 Å². The largest absolute Gasteiger partial charge is 0.352 e. The Hall–Kier alpha value is -3.56. The number of nitrogens with zero attached hydrogens (tertiary/aromatic N) is 2. The number of rotatable bonds is 14. The number of hydrogen-bond acceptors (Lipinski definition) is 4. The molecule has 0 saturated carbocycles. The van der Waals surface area contributed by atoms with E-state index in [1.807, 2.05) is 44.2 Å². The SMILES string of the molecule is CC[C@H](C)NC(=O)[C@H](Cc1ccccc1)N(Cc1ccccc1F)C(=O)CCCN(C)S(=O)(=O)c1ccccc1. The van der Waals surface area contributed by atoms with E-state index in [9.17, 15) is 22.4 Å². The molecular formula is C31H38FN3O4S. The zero-order valence-corrected chi connectivity index (χ0v) is 24.1. The van der Waals surface area contributed by atoms with Gasteiger partial charge in [0.15, 0.2) is 0 Å². The summed E-state index contributed by atoms with van der Waals surface area (Å²) in [6, 6.07) is 22.7. The van der Waals surface area contributed by atoms with Crippen LogP contribution in [0.15, 0.2) is 89.8 Å². The molecule has 0 unspecified atom stereocenters. The lowest BCUT2D eigenvalue weighted by Gasteiger charge is -2.32. The lowest BCUT2D eigenvalue weighted by atomic mass is 10.0. The Morgan fingerprint density at radius 1 is 0.925 bits per heavy atom. The van der Waals surface area contributed by atoms with Crippen LogP contribution in [-0.2, 0) is 32.6 Å². The van der Waals surface area contributed by atoms with Gasteiger partial charge in [0.2, 0.25) is 21.8 Å². The molecule has 0 aliphatic carbocycles. The fourth-order valence-corrected chi connectivity index (χ4v) is 5.52. The van der Waals surface area contributed by atoms with Crippen molar-refractivity contribution in [1.82, 2.24) is 14.5 Å². The van der Waals surface area contributed by atoms with E-state index < -0.39 is 21.9 Å². The fourth-order valence-electron chi connectivity index (χ4n) is 4.29. The first-order valence-corrected chi connectivity index (χ1v) is 15.0. The third-order valence-corrected chi connectivity index (χ3v) is 8.76. The molecule has 0 bridgehead atoms. The van der Waals surface area contributed by atoms with E-state index in [4.69, 9.17) is 0 Å². The van der Waals surface area contributed by atoms with Crippen LogP contribution in [0, 0.1) is 5.82 Å². The third kappa shape index (κ3) is 8.47. The van der Waals surface area contributed by atoms with Gasteiger partial charge in [0, 0.05) is 44.6 Å². The van der Waals surface area contributed by atoms with Crippen LogP contribution >= 0.6 is 0 Å². The van der Waals surface area contributed by atoms with E-state index in [0.717, 1.165) is 5.56 Å². The monoisotopic (exact) mass is 567 g/mol. The molecule has 0 saturated heterocycles. The maximum atomic E-state index is 14.7. The molecule has 7 nitrogen and oxygen atoms in total. The molecule has 0 fully saturated rings. The van der Waals surface area contributed by atoms with Crippen molar-refractivity contribution in [3.05, 3.63) is 102 Å². The van der Waals surface area contributed by atoms with Crippen molar-refractivity contribution in [3.8, 4) is 0 Å². The second-order valence-electron chi connectivity index (χ2n) is 9.88. The van der Waals surface area contributed by atoms with Gasteiger partial charge >= 0.3 is 0 Å². The Bertz CT molecular complexity index is 1350. The normalized spacial score (nSPS) is 13.0. The third-order valence-electron chi connectivity index (χ3n) is 6.89. The summed E-state index contributed by atoms with van der Waals surface area (Å²) in [7, 11) is -2.23. The number of amides is 2. The molecule has 214 valence electrons. The Kier molecular flexibility index (Phi) is 11.4. The number of benzene rings is 3. The van der Waals surface area contributed by atoms with Crippen molar-refractivity contribution in [2.45, 2.75) is 63.1 Å². The summed E-state index contributed by atoms with van der Waals surface area (Å²) in [5.41, 5.74) is 1.17. The zero-order chi connectivity index (χ0) is 29.1. The van der Waals surface area contributed by atoms with Gasteiger partial charge in [0.25, 0.3) is 0 Å². The van der Waals surface area contributed by atoms with Gasteiger partial charge in [-0.2, -0.15) is 0 Å². The molecule has 3 aromatic carbocycles. The molecule has 0 spiro atoms. The Morgan fingerprint density at radius 3 is 2.15 bits per heavy atom. The van der Waals surface area contributed by atoms with E-state index in [1.54, 1.807) is 36.4 Å². The highest BCUT2D eigenvalue weighted by Crippen LogP contribution is 2.19. The lowest BCUT2D eigenvalue weighted by molar-refractivity contribution is -0.141. The van der Waals surface area contributed by atoms with Crippen LogP contribution in [0.1, 0.15) is 44.2 Å². The molecule has 40 heavy (non-hydrogen) atoms. The molecule has 0 radical (unpaired) electrons. The number of carbonyl (C=O) groups is 2. The van der Waals surface area contributed by atoms with Crippen molar-refractivity contribution < 1.29 is 22.4 Å². The van der Waals surface area contributed by atoms with Gasteiger partial charge in [0.05, 0.1) is 4.90 Å². The summed E-state index contributed by atoms with van der Waals surface area (Å²) in [4.78, 5) is 28.8. The topological polar surface area (TPSA) is 86.8 Å². The molecule has 0 heterocycles. The van der Waals surface area contributed by atoms with E-state index in [-0.39, 0.29) is 55.1 Å². The number of carbonyl (C=O) groups excluding carboxylic acids is 2. The van der Waals surface area contributed by atoms with Gasteiger partial charge in [-0.25, -0.2) is 17.1 Å². The predicted octanol–water partition coefficient (Wildman–Crippen LogP) is 4.78. The van der Waals surface area contributed by atoms with Crippen LogP contribution in [0.25, 0.3) is 0 Å². The van der Waals surface area contributed by atoms with Gasteiger partial charge in [-0.15, -0.1) is 0 Å². The minimum Gasteiger partial charge on any atom is -0.352 e. The molecule has 2 atom stereocenters. The van der Waals surface area contributed by atoms with Gasteiger partial charge in [0.1, 0.15) is 11.9 Å². The number of sulfonamides is 1. The highest BCUT2D eigenvalue weighted by molar-refractivity contribution is 7.89. The van der Waals surface area contributed by atoms with Crippen LogP contribution in [0.4, 0.5) is 4.39 Å². The molecule has 0 aliphatic rings. The molecule has 3 rings (SSSR count). The summed E-state index contributed by atoms with van der Waals surface area (Å²) in [5.74, 6) is -1.13. The van der Waals surface area contributed by atoms with Crippen molar-refractivity contribution >= 4 is 21.8 Å². The van der Waals surface area contributed by atoms with Crippen LogP contribution < -0.4 is 5.32 Å². The molecule has 2 amide bonds. The number of hydrogen-bond donors (Lipinski definition) is 1. The smallest absolute Gasteiger partial charge is 0.243 e. The van der Waals surface area contributed by atoms with Crippen molar-refractivity contribution in [3.63, 3.8) is 0 Å². The highest BCUT2D eigenvalue weighted by atomic mass is 32.2. The van der Waals surface area contributed by atoms with E-state index in [1.165, 1.54) is 34.5 Å². The van der Waals surface area contributed by atoms with Crippen molar-refractivity contribution in [2.24, 2.45) is 0 Å². The second kappa shape index (κ2) is 14.7. The quantitative estimate of drug-likeness (QED) is 0.304. The average molecular weight is 568 g/mol. The fraction of sp³-hybridized carbons (Fsp3) is 0.355. The minimum absolute atomic E-state index is 0.00893. The zero-order valence-electron chi connectivity index (χ0n) is 23.3. The maximum Gasteiger partial charge on any atom is 0.243 e. The van der Waals surface area contributed by atoms with E-state index in [2.05, 4.69) is 5.32 Å². The van der Waals surface area contributed by atoms with E-state index >= 15 is 0 Å². The molecule has 9 heteroatoms. The van der Waals surface area contributed by atoms with E-state index in [0.29, 0.717) is 12.0 Å². The van der Waals surface area contributed by atoms with Gasteiger partial charge < -0.3 is 10.2 Å². The van der Waals surface area contributed by atoms with Crippen LogP contribution in [-0.4, -0.2) is 55.1 Å². The summed E-state index contributed by atoms with van der Waals surface area (Å²) in [6.07, 6.45) is 1.20. The summed E-state index contributed by atoms with van der Waals surface area (Å²) >= 11 is 0. The second-order valence-corrected chi connectivity index (χ2v) is 11.9. The van der Waals surface area contributed by atoms with Crippen LogP contribution in [0.5, 0.6) is 0 Å². The first-order valence-electron chi connectivity index (χ1n) is 13.5. The molecule has 0 aliphatic heterocycles.